The summed E-state index contributed by atoms with van der Waals surface area (Å²) in [6.45, 7) is 4.30. The van der Waals surface area contributed by atoms with Crippen LogP contribution in [0.4, 0.5) is 5.69 Å². The van der Waals surface area contributed by atoms with Crippen molar-refractivity contribution in [1.29, 1.82) is 0 Å². The van der Waals surface area contributed by atoms with Gasteiger partial charge in [-0.05, 0) is 50.2 Å². The number of carbonyl (C=O) groups is 1. The van der Waals surface area contributed by atoms with Crippen LogP contribution in [-0.2, 0) is 11.2 Å². The molecule has 2 N–H and O–H groups in total. The Hall–Kier alpha value is -1.51. The van der Waals surface area contributed by atoms with Crippen molar-refractivity contribution in [2.75, 3.05) is 5.32 Å². The van der Waals surface area contributed by atoms with Crippen LogP contribution < -0.4 is 5.32 Å². The lowest BCUT2D eigenvalue weighted by atomic mass is 9.86. The summed E-state index contributed by atoms with van der Waals surface area (Å²) in [5.41, 5.74) is 3.88. The largest absolute Gasteiger partial charge is 0.481 e. The molecular weight excluding hydrogens is 238 g/mol. The summed E-state index contributed by atoms with van der Waals surface area (Å²) in [6, 6.07) is 6.81. The molecule has 0 aliphatic heterocycles. The zero-order chi connectivity index (χ0) is 13.8. The van der Waals surface area contributed by atoms with Crippen molar-refractivity contribution in [3.8, 4) is 0 Å². The molecule has 0 bridgehead atoms. The molecule has 0 heterocycles. The van der Waals surface area contributed by atoms with Crippen molar-refractivity contribution >= 4 is 11.7 Å². The third-order valence-electron chi connectivity index (χ3n) is 4.16. The van der Waals surface area contributed by atoms with Crippen LogP contribution in [0.1, 0.15) is 43.7 Å². The third-order valence-corrected chi connectivity index (χ3v) is 4.16. The van der Waals surface area contributed by atoms with E-state index in [1.54, 1.807) is 0 Å². The van der Waals surface area contributed by atoms with Gasteiger partial charge >= 0.3 is 5.97 Å². The molecule has 0 radical (unpaired) electrons. The number of benzene rings is 1. The fourth-order valence-electron chi connectivity index (χ4n) is 2.92. The molecule has 0 aromatic heterocycles. The molecule has 0 amide bonds. The van der Waals surface area contributed by atoms with E-state index in [2.05, 4.69) is 37.4 Å². The summed E-state index contributed by atoms with van der Waals surface area (Å²) in [5, 5.41) is 12.7. The van der Waals surface area contributed by atoms with Crippen molar-refractivity contribution in [2.45, 2.75) is 52.0 Å². The molecule has 1 fully saturated rings. The highest BCUT2D eigenvalue weighted by atomic mass is 16.4. The molecule has 3 heteroatoms. The standard InChI is InChI=1S/C16H23NO2/c1-3-12-6-4-5-11(2)15(12)17-14-9-7-13(8-10-14)16(18)19/h4-6,13-14,17H,3,7-10H2,1-2H3,(H,18,19). The average Bonchev–Trinajstić information content (AvgIpc) is 2.41. The molecule has 3 nitrogen and oxygen atoms in total. The highest BCUT2D eigenvalue weighted by Gasteiger charge is 2.26. The van der Waals surface area contributed by atoms with Gasteiger partial charge in [0, 0.05) is 11.7 Å². The summed E-state index contributed by atoms with van der Waals surface area (Å²) in [6.07, 6.45) is 4.51. The second-order valence-corrected chi connectivity index (χ2v) is 5.49. The van der Waals surface area contributed by atoms with Crippen molar-refractivity contribution in [2.24, 2.45) is 5.92 Å². The SMILES string of the molecule is CCc1cccc(C)c1NC1CCC(C(=O)O)CC1. The van der Waals surface area contributed by atoms with Gasteiger partial charge in [-0.1, -0.05) is 25.1 Å². The van der Waals surface area contributed by atoms with E-state index in [-0.39, 0.29) is 5.92 Å². The van der Waals surface area contributed by atoms with Crippen molar-refractivity contribution in [3.05, 3.63) is 29.3 Å². The Bertz CT molecular complexity index is 448. The maximum Gasteiger partial charge on any atom is 0.306 e. The predicted molar refractivity (Wildman–Crippen MR) is 77.6 cm³/mol. The van der Waals surface area contributed by atoms with Gasteiger partial charge in [0.25, 0.3) is 0 Å². The molecular formula is C16H23NO2. The van der Waals surface area contributed by atoms with Gasteiger partial charge in [0.2, 0.25) is 0 Å². The van der Waals surface area contributed by atoms with Gasteiger partial charge in [0.15, 0.2) is 0 Å². The third kappa shape index (κ3) is 3.28. The minimum absolute atomic E-state index is 0.138. The zero-order valence-corrected chi connectivity index (χ0v) is 11.8. The fraction of sp³-hybridized carbons (Fsp3) is 0.562. The van der Waals surface area contributed by atoms with Crippen LogP contribution in [0.2, 0.25) is 0 Å². The Balaban J connectivity index is 2.01. The van der Waals surface area contributed by atoms with Crippen LogP contribution in [0.15, 0.2) is 18.2 Å². The highest BCUT2D eigenvalue weighted by molar-refractivity contribution is 5.70. The first-order valence-corrected chi connectivity index (χ1v) is 7.19. The Morgan fingerprint density at radius 3 is 2.58 bits per heavy atom. The van der Waals surface area contributed by atoms with E-state index in [9.17, 15) is 4.79 Å². The number of rotatable bonds is 4. The minimum atomic E-state index is -0.636. The molecule has 0 unspecified atom stereocenters. The van der Waals surface area contributed by atoms with Crippen molar-refractivity contribution < 1.29 is 9.90 Å². The maximum atomic E-state index is 11.0. The van der Waals surface area contributed by atoms with Gasteiger partial charge in [-0.3, -0.25) is 4.79 Å². The predicted octanol–water partition coefficient (Wildman–Crippen LogP) is 3.61. The van der Waals surface area contributed by atoms with Crippen LogP contribution in [0, 0.1) is 12.8 Å². The first-order chi connectivity index (χ1) is 9.11. The Labute approximate surface area is 115 Å². The molecule has 1 saturated carbocycles. The van der Waals surface area contributed by atoms with E-state index in [1.807, 2.05) is 0 Å². The number of carboxylic acids is 1. The Kier molecular flexibility index (Phi) is 4.46. The second-order valence-electron chi connectivity index (χ2n) is 5.49. The Morgan fingerprint density at radius 1 is 1.32 bits per heavy atom. The van der Waals surface area contributed by atoms with Gasteiger partial charge in [-0.25, -0.2) is 0 Å². The number of aliphatic carboxylic acids is 1. The van der Waals surface area contributed by atoms with Gasteiger partial charge in [-0.2, -0.15) is 0 Å². The number of nitrogens with one attached hydrogen (secondary N) is 1. The van der Waals surface area contributed by atoms with Crippen LogP contribution in [0.5, 0.6) is 0 Å². The summed E-state index contributed by atoms with van der Waals surface area (Å²) >= 11 is 0. The number of para-hydroxylation sites is 1. The quantitative estimate of drug-likeness (QED) is 0.870. The van der Waals surface area contributed by atoms with Crippen LogP contribution in [0.25, 0.3) is 0 Å². The number of hydrogen-bond acceptors (Lipinski definition) is 2. The fourth-order valence-corrected chi connectivity index (χ4v) is 2.92. The molecule has 1 aliphatic carbocycles. The molecule has 1 aliphatic rings. The van der Waals surface area contributed by atoms with Gasteiger partial charge in [0.05, 0.1) is 5.92 Å². The average molecular weight is 261 g/mol. The monoisotopic (exact) mass is 261 g/mol. The second kappa shape index (κ2) is 6.09. The van der Waals surface area contributed by atoms with Gasteiger partial charge in [-0.15, -0.1) is 0 Å². The van der Waals surface area contributed by atoms with E-state index >= 15 is 0 Å². The van der Waals surface area contributed by atoms with Gasteiger partial charge in [0.1, 0.15) is 0 Å². The lowest BCUT2D eigenvalue weighted by Crippen LogP contribution is -2.29. The minimum Gasteiger partial charge on any atom is -0.481 e. The van der Waals surface area contributed by atoms with Crippen molar-refractivity contribution in [3.63, 3.8) is 0 Å². The summed E-state index contributed by atoms with van der Waals surface area (Å²) in [4.78, 5) is 11.0. The van der Waals surface area contributed by atoms with Crippen LogP contribution in [0.3, 0.4) is 0 Å². The maximum absolute atomic E-state index is 11.0. The Morgan fingerprint density at radius 2 is 2.00 bits per heavy atom. The molecule has 19 heavy (non-hydrogen) atoms. The summed E-state index contributed by atoms with van der Waals surface area (Å²) in [7, 11) is 0. The van der Waals surface area contributed by atoms with Gasteiger partial charge < -0.3 is 10.4 Å². The molecule has 0 atom stereocenters. The lowest BCUT2D eigenvalue weighted by Gasteiger charge is -2.29. The first-order valence-electron chi connectivity index (χ1n) is 7.19. The first kappa shape index (κ1) is 13.9. The summed E-state index contributed by atoms with van der Waals surface area (Å²) in [5.74, 6) is -0.774. The number of carboxylic acid groups (broad SMARTS) is 1. The van der Waals surface area contributed by atoms with Crippen LogP contribution >= 0.6 is 0 Å². The molecule has 1 aromatic rings. The molecule has 0 spiro atoms. The van der Waals surface area contributed by atoms with E-state index in [0.717, 1.165) is 32.1 Å². The number of anilines is 1. The normalized spacial score (nSPS) is 23.1. The highest BCUT2D eigenvalue weighted by Crippen LogP contribution is 2.29. The van der Waals surface area contributed by atoms with Crippen molar-refractivity contribution in [1.82, 2.24) is 0 Å². The zero-order valence-electron chi connectivity index (χ0n) is 11.8. The molecule has 1 aromatic carbocycles. The topological polar surface area (TPSA) is 49.3 Å². The van der Waals surface area contributed by atoms with E-state index in [1.165, 1.54) is 16.8 Å². The van der Waals surface area contributed by atoms with E-state index in [4.69, 9.17) is 5.11 Å². The lowest BCUT2D eigenvalue weighted by molar-refractivity contribution is -0.142. The smallest absolute Gasteiger partial charge is 0.306 e. The van der Waals surface area contributed by atoms with E-state index in [0.29, 0.717) is 6.04 Å². The summed E-state index contributed by atoms with van der Waals surface area (Å²) < 4.78 is 0. The van der Waals surface area contributed by atoms with E-state index < -0.39 is 5.97 Å². The molecule has 2 rings (SSSR count). The molecule has 104 valence electrons. The van der Waals surface area contributed by atoms with Crippen LogP contribution in [-0.4, -0.2) is 17.1 Å². The number of hydrogen-bond donors (Lipinski definition) is 2. The molecule has 0 saturated heterocycles. The number of aryl methyl sites for hydroxylation is 2.